The predicted molar refractivity (Wildman–Crippen MR) is 96.5 cm³/mol. The number of halogens is 1. The Labute approximate surface area is 147 Å². The van der Waals surface area contributed by atoms with Gasteiger partial charge in [0.1, 0.15) is 5.82 Å². The molecule has 0 saturated carbocycles. The topological polar surface area (TPSA) is 52.6 Å². The van der Waals surface area contributed by atoms with Gasteiger partial charge in [0.2, 0.25) is 5.91 Å². The van der Waals surface area contributed by atoms with Crippen LogP contribution in [0.2, 0.25) is 0 Å². The molecule has 2 N–H and O–H groups in total. The van der Waals surface area contributed by atoms with Gasteiger partial charge in [0.05, 0.1) is 12.6 Å². The van der Waals surface area contributed by atoms with Crippen LogP contribution in [0.5, 0.6) is 0 Å². The smallest absolute Gasteiger partial charge is 0.224 e. The van der Waals surface area contributed by atoms with Crippen LogP contribution in [0.4, 0.5) is 4.39 Å². The number of aliphatic hydroxyl groups excluding tert-OH is 1. The lowest BCUT2D eigenvalue weighted by Crippen LogP contribution is -2.44. The van der Waals surface area contributed by atoms with Crippen molar-refractivity contribution in [1.29, 1.82) is 0 Å². The predicted octanol–water partition coefficient (Wildman–Crippen LogP) is 2.44. The van der Waals surface area contributed by atoms with E-state index < -0.39 is 6.10 Å². The molecule has 0 bridgehead atoms. The highest BCUT2D eigenvalue weighted by Crippen LogP contribution is 2.18. The molecule has 2 rings (SSSR count). The van der Waals surface area contributed by atoms with E-state index in [9.17, 15) is 14.3 Å². The lowest BCUT2D eigenvalue weighted by atomic mass is 10.1. The van der Waals surface area contributed by atoms with Crippen molar-refractivity contribution in [3.8, 4) is 0 Å². The summed E-state index contributed by atoms with van der Waals surface area (Å²) in [6, 6.07) is 6.00. The van der Waals surface area contributed by atoms with E-state index in [1.807, 2.05) is 11.8 Å². The number of hydrogen-bond donors (Lipinski definition) is 2. The van der Waals surface area contributed by atoms with Gasteiger partial charge in [-0.3, -0.25) is 4.79 Å². The number of amides is 1. The summed E-state index contributed by atoms with van der Waals surface area (Å²) < 4.78 is 13.0. The molecule has 4 nitrogen and oxygen atoms in total. The van der Waals surface area contributed by atoms with Crippen molar-refractivity contribution in [3.63, 3.8) is 0 Å². The van der Waals surface area contributed by atoms with E-state index in [2.05, 4.69) is 19.2 Å². The van der Waals surface area contributed by atoms with Crippen LogP contribution in [-0.4, -0.2) is 53.1 Å². The molecule has 1 saturated heterocycles. The van der Waals surface area contributed by atoms with Crippen molar-refractivity contribution in [2.75, 3.05) is 31.1 Å². The van der Waals surface area contributed by atoms with Gasteiger partial charge in [-0.1, -0.05) is 26.0 Å². The third-order valence-corrected chi connectivity index (χ3v) is 5.14. The second-order valence-corrected chi connectivity index (χ2v) is 7.84. The number of carbonyl (C=O) groups is 1. The average Bonchev–Trinajstić information content (AvgIpc) is 2.55. The monoisotopic (exact) mass is 354 g/mol. The van der Waals surface area contributed by atoms with Crippen molar-refractivity contribution in [2.45, 2.75) is 32.4 Å². The van der Waals surface area contributed by atoms with E-state index in [1.54, 1.807) is 17.0 Å². The van der Waals surface area contributed by atoms with Crippen LogP contribution < -0.4 is 5.32 Å². The van der Waals surface area contributed by atoms with Crippen molar-refractivity contribution in [2.24, 2.45) is 5.92 Å². The third kappa shape index (κ3) is 6.07. The molecule has 1 aliphatic rings. The minimum Gasteiger partial charge on any atom is -0.387 e. The lowest BCUT2D eigenvalue weighted by molar-refractivity contribution is -0.133. The van der Waals surface area contributed by atoms with Crippen LogP contribution in [0.1, 0.15) is 31.9 Å². The second-order valence-electron chi connectivity index (χ2n) is 6.69. The molecule has 24 heavy (non-hydrogen) atoms. The summed E-state index contributed by atoms with van der Waals surface area (Å²) in [5.41, 5.74) is 0.629. The van der Waals surface area contributed by atoms with Crippen LogP contribution in [0.15, 0.2) is 24.3 Å². The summed E-state index contributed by atoms with van der Waals surface area (Å²) in [6.07, 6.45) is -0.349. The molecule has 1 fully saturated rings. The molecule has 1 heterocycles. The van der Waals surface area contributed by atoms with Gasteiger partial charge < -0.3 is 15.3 Å². The maximum absolute atomic E-state index is 13.0. The van der Waals surface area contributed by atoms with Crippen LogP contribution >= 0.6 is 11.8 Å². The number of hydrogen-bond acceptors (Lipinski definition) is 4. The Balaban J connectivity index is 1.98. The van der Waals surface area contributed by atoms with Gasteiger partial charge in [-0.25, -0.2) is 4.39 Å². The van der Waals surface area contributed by atoms with Crippen LogP contribution in [0.25, 0.3) is 0 Å². The highest BCUT2D eigenvalue weighted by molar-refractivity contribution is 7.99. The molecule has 0 aromatic heterocycles. The molecule has 0 aliphatic carbocycles. The molecule has 1 aromatic rings. The normalized spacial score (nSPS) is 19.3. The highest BCUT2D eigenvalue weighted by Gasteiger charge is 2.23. The summed E-state index contributed by atoms with van der Waals surface area (Å²) >= 11 is 1.86. The van der Waals surface area contributed by atoms with Gasteiger partial charge >= 0.3 is 0 Å². The van der Waals surface area contributed by atoms with Gasteiger partial charge in [0.25, 0.3) is 0 Å². The molecule has 1 aromatic carbocycles. The minimum atomic E-state index is -0.804. The maximum atomic E-state index is 13.0. The van der Waals surface area contributed by atoms with Gasteiger partial charge in [-0.15, -0.1) is 0 Å². The molecule has 2 atom stereocenters. The molecule has 1 amide bonds. The fourth-order valence-electron chi connectivity index (χ4n) is 2.81. The Morgan fingerprint density at radius 3 is 2.67 bits per heavy atom. The van der Waals surface area contributed by atoms with E-state index in [-0.39, 0.29) is 24.3 Å². The Bertz CT molecular complexity index is 518. The number of benzene rings is 1. The fraction of sp³-hybridized carbons (Fsp3) is 0.611. The first kappa shape index (κ1) is 19.2. The summed E-state index contributed by atoms with van der Waals surface area (Å²) in [5.74, 6) is 2.08. The molecule has 2 unspecified atom stereocenters. The SMILES string of the molecule is CC(C)CN(CC(O)c1ccc(F)cc1)C(=O)CC1CSCCN1. The number of carbonyl (C=O) groups excluding carboxylic acids is 1. The van der Waals surface area contributed by atoms with Crippen molar-refractivity contribution in [1.82, 2.24) is 10.2 Å². The van der Waals surface area contributed by atoms with E-state index in [1.165, 1.54) is 12.1 Å². The Morgan fingerprint density at radius 2 is 2.08 bits per heavy atom. The fourth-order valence-corrected chi connectivity index (χ4v) is 3.76. The van der Waals surface area contributed by atoms with E-state index in [4.69, 9.17) is 0 Å². The summed E-state index contributed by atoms with van der Waals surface area (Å²) in [6.45, 7) is 5.89. The molecule has 134 valence electrons. The van der Waals surface area contributed by atoms with Gasteiger partial charge in [0.15, 0.2) is 0 Å². The molecular weight excluding hydrogens is 327 g/mol. The van der Waals surface area contributed by atoms with E-state index in [0.29, 0.717) is 24.4 Å². The zero-order valence-corrected chi connectivity index (χ0v) is 15.2. The first-order valence-electron chi connectivity index (χ1n) is 8.48. The minimum absolute atomic E-state index is 0.0601. The molecule has 0 radical (unpaired) electrons. The number of aliphatic hydroxyl groups is 1. The number of nitrogens with zero attached hydrogens (tertiary/aromatic N) is 1. The van der Waals surface area contributed by atoms with Crippen molar-refractivity contribution < 1.29 is 14.3 Å². The lowest BCUT2D eigenvalue weighted by Gasteiger charge is -2.30. The van der Waals surface area contributed by atoms with E-state index in [0.717, 1.165) is 18.1 Å². The number of thioether (sulfide) groups is 1. The third-order valence-electron chi connectivity index (χ3n) is 4.01. The van der Waals surface area contributed by atoms with Crippen molar-refractivity contribution >= 4 is 17.7 Å². The highest BCUT2D eigenvalue weighted by atomic mass is 32.2. The van der Waals surface area contributed by atoms with Gasteiger partial charge in [-0.2, -0.15) is 11.8 Å². The standard InChI is InChI=1S/C18H27FN2O2S/c1-13(2)10-21(18(23)9-16-12-24-8-7-20-16)11-17(22)14-3-5-15(19)6-4-14/h3-6,13,16-17,20,22H,7-12H2,1-2H3. The maximum Gasteiger partial charge on any atom is 0.224 e. The second kappa shape index (κ2) is 9.39. The first-order valence-corrected chi connectivity index (χ1v) is 9.63. The van der Waals surface area contributed by atoms with Gasteiger partial charge in [-0.05, 0) is 23.6 Å². The summed E-state index contributed by atoms with van der Waals surface area (Å²) in [4.78, 5) is 14.4. The molecule has 0 spiro atoms. The average molecular weight is 354 g/mol. The van der Waals surface area contributed by atoms with Crippen LogP contribution in [0.3, 0.4) is 0 Å². The molecular formula is C18H27FN2O2S. The molecule has 1 aliphatic heterocycles. The molecule has 6 heteroatoms. The zero-order chi connectivity index (χ0) is 17.5. The Hall–Kier alpha value is -1.11. The van der Waals surface area contributed by atoms with Crippen LogP contribution in [0, 0.1) is 11.7 Å². The van der Waals surface area contributed by atoms with Gasteiger partial charge in [0, 0.05) is 37.1 Å². The number of nitrogens with one attached hydrogen (secondary N) is 1. The summed E-state index contributed by atoms with van der Waals surface area (Å²) in [7, 11) is 0. The van der Waals surface area contributed by atoms with E-state index >= 15 is 0 Å². The first-order chi connectivity index (χ1) is 11.5. The number of rotatable bonds is 7. The quantitative estimate of drug-likeness (QED) is 0.790. The van der Waals surface area contributed by atoms with Crippen LogP contribution in [-0.2, 0) is 4.79 Å². The zero-order valence-electron chi connectivity index (χ0n) is 14.4. The largest absolute Gasteiger partial charge is 0.387 e. The Kier molecular flexibility index (Phi) is 7.52. The summed E-state index contributed by atoms with van der Waals surface area (Å²) in [5, 5.41) is 13.8. The Morgan fingerprint density at radius 1 is 1.38 bits per heavy atom. The van der Waals surface area contributed by atoms with Crippen molar-refractivity contribution in [3.05, 3.63) is 35.6 Å².